The molecule has 0 aromatic heterocycles. The Morgan fingerprint density at radius 2 is 1.58 bits per heavy atom. The number of anilines is 1. The first-order valence-corrected chi connectivity index (χ1v) is 11.1. The second kappa shape index (κ2) is 13.7. The molecule has 1 aliphatic rings. The van der Waals surface area contributed by atoms with Crippen molar-refractivity contribution in [2.75, 3.05) is 11.9 Å². The van der Waals surface area contributed by atoms with Crippen LogP contribution in [0, 0.1) is 23.7 Å². The Labute approximate surface area is 210 Å². The molecule has 3 rings (SSSR count). The minimum atomic E-state index is -1.29. The minimum absolute atomic E-state index is 0. The summed E-state index contributed by atoms with van der Waals surface area (Å²) in [5.74, 6) is 9.79. The number of nitrogens with one attached hydrogen (secondary N) is 4. The number of rotatable bonds is 6. The number of hydroxylamine groups is 1. The van der Waals surface area contributed by atoms with Gasteiger partial charge in [-0.05, 0) is 86.7 Å². The SMILES string of the molecule is C.C[C@@H](O)[C@H](NC(=O)c1ccc(C#CC#Cc2ccc(NC(=O)[C@@H]3CCCN3)cc2)cc1)C(=O)NO. The number of aliphatic hydroxyl groups is 1. The maximum atomic E-state index is 12.3. The second-order valence-electron chi connectivity index (χ2n) is 7.96. The van der Waals surface area contributed by atoms with Gasteiger partial charge in [-0.3, -0.25) is 19.6 Å². The topological polar surface area (TPSA) is 140 Å². The Kier molecular flexibility index (Phi) is 10.7. The van der Waals surface area contributed by atoms with Gasteiger partial charge in [-0.1, -0.05) is 19.3 Å². The molecule has 1 heterocycles. The van der Waals surface area contributed by atoms with E-state index in [1.807, 2.05) is 0 Å². The lowest BCUT2D eigenvalue weighted by Crippen LogP contribution is -2.51. The van der Waals surface area contributed by atoms with Crippen LogP contribution in [0.4, 0.5) is 5.69 Å². The minimum Gasteiger partial charge on any atom is -0.391 e. The van der Waals surface area contributed by atoms with E-state index in [2.05, 4.69) is 39.6 Å². The highest BCUT2D eigenvalue weighted by Crippen LogP contribution is 2.12. The van der Waals surface area contributed by atoms with Crippen molar-refractivity contribution in [2.45, 2.75) is 45.4 Å². The first kappa shape index (κ1) is 28.1. The number of aliphatic hydroxyl groups excluding tert-OH is 1. The summed E-state index contributed by atoms with van der Waals surface area (Å²) < 4.78 is 0. The largest absolute Gasteiger partial charge is 0.391 e. The molecule has 188 valence electrons. The quantitative estimate of drug-likeness (QED) is 0.206. The molecule has 1 fully saturated rings. The van der Waals surface area contributed by atoms with E-state index in [4.69, 9.17) is 5.21 Å². The summed E-state index contributed by atoms with van der Waals surface area (Å²) in [6, 6.07) is 12.1. The summed E-state index contributed by atoms with van der Waals surface area (Å²) in [6.07, 6.45) is 0.652. The zero-order valence-corrected chi connectivity index (χ0v) is 19.1. The predicted molar refractivity (Wildman–Crippen MR) is 136 cm³/mol. The van der Waals surface area contributed by atoms with Gasteiger partial charge in [0.25, 0.3) is 11.8 Å². The highest BCUT2D eigenvalue weighted by atomic mass is 16.5. The Morgan fingerprint density at radius 3 is 2.08 bits per heavy atom. The van der Waals surface area contributed by atoms with Crippen molar-refractivity contribution in [1.29, 1.82) is 0 Å². The molecular formula is C27H30N4O5. The second-order valence-corrected chi connectivity index (χ2v) is 7.96. The molecule has 36 heavy (non-hydrogen) atoms. The van der Waals surface area contributed by atoms with Gasteiger partial charge in [0.1, 0.15) is 6.04 Å². The number of hydrogen-bond donors (Lipinski definition) is 6. The summed E-state index contributed by atoms with van der Waals surface area (Å²) >= 11 is 0. The van der Waals surface area contributed by atoms with Gasteiger partial charge >= 0.3 is 0 Å². The summed E-state index contributed by atoms with van der Waals surface area (Å²) in [5.41, 5.74) is 3.76. The molecule has 0 aliphatic carbocycles. The van der Waals surface area contributed by atoms with E-state index >= 15 is 0 Å². The van der Waals surface area contributed by atoms with E-state index in [1.54, 1.807) is 36.4 Å². The lowest BCUT2D eigenvalue weighted by Gasteiger charge is -2.19. The first-order chi connectivity index (χ1) is 16.9. The third-order valence-corrected chi connectivity index (χ3v) is 5.31. The summed E-state index contributed by atoms with van der Waals surface area (Å²) in [7, 11) is 0. The normalized spacial score (nSPS) is 15.5. The third-order valence-electron chi connectivity index (χ3n) is 5.31. The van der Waals surface area contributed by atoms with Crippen LogP contribution in [0.5, 0.6) is 0 Å². The standard InChI is InChI=1S/C26H26N4O5.CH4/c1-17(31)23(26(34)30-35)29-24(32)20-12-8-18(9-13-20)5-2-3-6-19-10-14-21(15-11-19)28-25(33)22-7-4-16-27-22;/h8-15,17,22-23,27,31,35H,4,7,16H2,1H3,(H,28,33)(H,29,32)(H,30,34);1H4/t17-,22+,23+;/m1./s1. The zero-order chi connectivity index (χ0) is 25.2. The van der Waals surface area contributed by atoms with Crippen molar-refractivity contribution in [3.63, 3.8) is 0 Å². The molecule has 0 saturated carbocycles. The van der Waals surface area contributed by atoms with E-state index in [0.29, 0.717) is 11.3 Å². The molecule has 9 heteroatoms. The van der Waals surface area contributed by atoms with Crippen molar-refractivity contribution in [3.05, 3.63) is 65.2 Å². The Bertz CT molecular complexity index is 1180. The van der Waals surface area contributed by atoms with Crippen LogP contribution < -0.4 is 21.4 Å². The molecule has 0 unspecified atom stereocenters. The van der Waals surface area contributed by atoms with Gasteiger partial charge in [0, 0.05) is 22.4 Å². The van der Waals surface area contributed by atoms with Crippen LogP contribution in [0.2, 0.25) is 0 Å². The molecule has 2 aromatic carbocycles. The van der Waals surface area contributed by atoms with Gasteiger partial charge in [0.05, 0.1) is 12.1 Å². The maximum Gasteiger partial charge on any atom is 0.268 e. The molecule has 3 atom stereocenters. The van der Waals surface area contributed by atoms with Gasteiger partial charge in [-0.15, -0.1) is 0 Å². The average molecular weight is 491 g/mol. The predicted octanol–water partition coefficient (Wildman–Crippen LogP) is 1.40. The number of benzene rings is 2. The van der Waals surface area contributed by atoms with Gasteiger partial charge in [0.2, 0.25) is 5.91 Å². The molecule has 3 amide bonds. The lowest BCUT2D eigenvalue weighted by atomic mass is 10.1. The van der Waals surface area contributed by atoms with Crippen molar-refractivity contribution in [2.24, 2.45) is 0 Å². The molecule has 0 spiro atoms. The monoisotopic (exact) mass is 490 g/mol. The molecule has 9 nitrogen and oxygen atoms in total. The molecule has 6 N–H and O–H groups in total. The average Bonchev–Trinajstić information content (AvgIpc) is 3.41. The fraction of sp³-hybridized carbons (Fsp3) is 0.296. The van der Waals surface area contributed by atoms with Crippen LogP contribution >= 0.6 is 0 Å². The molecule has 1 aliphatic heterocycles. The van der Waals surface area contributed by atoms with Crippen molar-refractivity contribution < 1.29 is 24.7 Å². The number of carbonyl (C=O) groups excluding carboxylic acids is 3. The smallest absolute Gasteiger partial charge is 0.268 e. The van der Waals surface area contributed by atoms with Crippen molar-refractivity contribution in [1.82, 2.24) is 16.1 Å². The molecular weight excluding hydrogens is 460 g/mol. The highest BCUT2D eigenvalue weighted by molar-refractivity contribution is 5.97. The van der Waals surface area contributed by atoms with Crippen LogP contribution in [0.1, 0.15) is 48.7 Å². The summed E-state index contributed by atoms with van der Waals surface area (Å²) in [5, 5.41) is 26.7. The number of carbonyl (C=O) groups is 3. The van der Waals surface area contributed by atoms with E-state index in [1.165, 1.54) is 24.5 Å². The number of amides is 3. The van der Waals surface area contributed by atoms with Crippen LogP contribution in [-0.4, -0.2) is 52.8 Å². The summed E-state index contributed by atoms with van der Waals surface area (Å²) in [4.78, 5) is 36.0. The van der Waals surface area contributed by atoms with E-state index in [-0.39, 0.29) is 24.9 Å². The van der Waals surface area contributed by atoms with E-state index in [9.17, 15) is 19.5 Å². The molecule has 1 saturated heterocycles. The first-order valence-electron chi connectivity index (χ1n) is 11.1. The van der Waals surface area contributed by atoms with Crippen molar-refractivity contribution in [3.8, 4) is 23.7 Å². The zero-order valence-electron chi connectivity index (χ0n) is 19.1. The highest BCUT2D eigenvalue weighted by Gasteiger charge is 2.25. The fourth-order valence-electron chi connectivity index (χ4n) is 3.39. The van der Waals surface area contributed by atoms with Crippen LogP contribution in [0.3, 0.4) is 0 Å². The molecule has 2 aromatic rings. The number of hydrogen-bond acceptors (Lipinski definition) is 6. The van der Waals surface area contributed by atoms with E-state index < -0.39 is 24.0 Å². The lowest BCUT2D eigenvalue weighted by molar-refractivity contribution is -0.133. The molecule has 0 bridgehead atoms. The van der Waals surface area contributed by atoms with E-state index in [0.717, 1.165) is 24.9 Å². The Hall–Kier alpha value is -4.15. The van der Waals surface area contributed by atoms with Crippen LogP contribution in [-0.2, 0) is 9.59 Å². The Morgan fingerprint density at radius 1 is 1.00 bits per heavy atom. The third kappa shape index (κ3) is 7.97. The van der Waals surface area contributed by atoms with Crippen LogP contribution in [0.25, 0.3) is 0 Å². The van der Waals surface area contributed by atoms with Gasteiger partial charge in [0.15, 0.2) is 0 Å². The maximum absolute atomic E-state index is 12.3. The van der Waals surface area contributed by atoms with Gasteiger partial charge < -0.3 is 21.1 Å². The van der Waals surface area contributed by atoms with Gasteiger partial charge in [-0.25, -0.2) is 5.48 Å². The van der Waals surface area contributed by atoms with Gasteiger partial charge in [-0.2, -0.15) is 0 Å². The Balaban J connectivity index is 0.00000456. The van der Waals surface area contributed by atoms with Crippen LogP contribution in [0.15, 0.2) is 48.5 Å². The van der Waals surface area contributed by atoms with Crippen molar-refractivity contribution >= 4 is 23.4 Å². The summed E-state index contributed by atoms with van der Waals surface area (Å²) in [6.45, 7) is 2.18. The fourth-order valence-corrected chi connectivity index (χ4v) is 3.39. The molecule has 0 radical (unpaired) electrons.